The lowest BCUT2D eigenvalue weighted by Gasteiger charge is -2.14. The fraction of sp³-hybridized carbons (Fsp3) is 0.259. The summed E-state index contributed by atoms with van der Waals surface area (Å²) in [6, 6.07) is 18.2. The second-order valence-electron chi connectivity index (χ2n) is 8.78. The average Bonchev–Trinajstić information content (AvgIpc) is 3.40. The highest BCUT2D eigenvalue weighted by Gasteiger charge is 2.15. The Labute approximate surface area is 203 Å². The number of aryl methyl sites for hydroxylation is 3. The zero-order valence-electron chi connectivity index (χ0n) is 20.1. The maximum Gasteiger partial charge on any atom is 0.274 e. The van der Waals surface area contributed by atoms with Crippen molar-refractivity contribution < 1.29 is 0 Å². The van der Waals surface area contributed by atoms with Gasteiger partial charge in [-0.3, -0.25) is 9.36 Å². The van der Waals surface area contributed by atoms with E-state index in [4.69, 9.17) is 9.97 Å². The van der Waals surface area contributed by atoms with Crippen LogP contribution in [0.15, 0.2) is 59.4 Å². The van der Waals surface area contributed by atoms with Gasteiger partial charge in [0.2, 0.25) is 5.82 Å². The van der Waals surface area contributed by atoms with Crippen molar-refractivity contribution >= 4 is 11.2 Å². The zero-order chi connectivity index (χ0) is 24.4. The van der Waals surface area contributed by atoms with Crippen molar-refractivity contribution in [2.75, 3.05) is 0 Å². The molecule has 8 nitrogen and oxygen atoms in total. The van der Waals surface area contributed by atoms with E-state index < -0.39 is 0 Å². The Balaban J connectivity index is 1.54. The summed E-state index contributed by atoms with van der Waals surface area (Å²) in [5, 5.41) is 14.5. The van der Waals surface area contributed by atoms with E-state index in [9.17, 15) is 4.79 Å². The third-order valence-corrected chi connectivity index (χ3v) is 6.17. The molecular formula is C27H27N7O. The Bertz CT molecular complexity index is 1540. The molecule has 0 saturated carbocycles. The standard InChI is InChI=1S/C27H27N7O/c1-4-5-10-23-27(35)34(26-24(29-23)17(2)15-18(3)28-26)16-19-11-13-20(14-12-19)21-8-6-7-9-22(21)25-30-32-33-31-25/h6-9,11-15H,4-5,10,16H2,1-3H3,(H,30,31,32,33). The van der Waals surface area contributed by atoms with Crippen LogP contribution in [0.3, 0.4) is 0 Å². The summed E-state index contributed by atoms with van der Waals surface area (Å²) >= 11 is 0. The van der Waals surface area contributed by atoms with Crippen LogP contribution in [0.1, 0.15) is 42.3 Å². The molecule has 0 bridgehead atoms. The van der Waals surface area contributed by atoms with Gasteiger partial charge in [0.1, 0.15) is 11.2 Å². The van der Waals surface area contributed by atoms with Gasteiger partial charge < -0.3 is 0 Å². The fourth-order valence-corrected chi connectivity index (χ4v) is 4.40. The molecule has 0 fully saturated rings. The van der Waals surface area contributed by atoms with E-state index >= 15 is 0 Å². The van der Waals surface area contributed by atoms with Gasteiger partial charge in [-0.25, -0.2) is 9.97 Å². The first-order chi connectivity index (χ1) is 17.0. The van der Waals surface area contributed by atoms with Crippen molar-refractivity contribution in [2.45, 2.75) is 46.6 Å². The molecule has 1 N–H and O–H groups in total. The Hall–Kier alpha value is -4.20. The lowest BCUT2D eigenvalue weighted by atomic mass is 9.98. The molecule has 176 valence electrons. The van der Waals surface area contributed by atoms with E-state index in [0.29, 0.717) is 30.1 Å². The minimum Gasteiger partial charge on any atom is -0.285 e. The topological polar surface area (TPSA) is 102 Å². The smallest absolute Gasteiger partial charge is 0.274 e. The summed E-state index contributed by atoms with van der Waals surface area (Å²) in [7, 11) is 0. The predicted molar refractivity (Wildman–Crippen MR) is 136 cm³/mol. The number of hydrogen-bond donors (Lipinski definition) is 1. The quantitative estimate of drug-likeness (QED) is 0.375. The Morgan fingerprint density at radius 2 is 1.74 bits per heavy atom. The van der Waals surface area contributed by atoms with Gasteiger partial charge in [0.15, 0.2) is 5.65 Å². The normalized spacial score (nSPS) is 11.3. The van der Waals surface area contributed by atoms with Gasteiger partial charge in [0.25, 0.3) is 5.56 Å². The van der Waals surface area contributed by atoms with Crippen LogP contribution in [-0.2, 0) is 13.0 Å². The molecule has 0 unspecified atom stereocenters. The van der Waals surface area contributed by atoms with Crippen LogP contribution in [0, 0.1) is 13.8 Å². The van der Waals surface area contributed by atoms with Crippen LogP contribution in [0.4, 0.5) is 0 Å². The lowest BCUT2D eigenvalue weighted by molar-refractivity contribution is 0.718. The summed E-state index contributed by atoms with van der Waals surface area (Å²) < 4.78 is 1.77. The molecule has 3 aromatic heterocycles. The van der Waals surface area contributed by atoms with Gasteiger partial charge in [-0.05, 0) is 60.2 Å². The number of benzene rings is 2. The maximum absolute atomic E-state index is 13.4. The molecule has 0 aliphatic heterocycles. The van der Waals surface area contributed by atoms with Gasteiger partial charge in [0, 0.05) is 11.3 Å². The highest BCUT2D eigenvalue weighted by Crippen LogP contribution is 2.30. The van der Waals surface area contributed by atoms with E-state index in [1.165, 1.54) is 0 Å². The average molecular weight is 466 g/mol. The van der Waals surface area contributed by atoms with Gasteiger partial charge in [-0.2, -0.15) is 5.21 Å². The van der Waals surface area contributed by atoms with E-state index in [1.54, 1.807) is 4.57 Å². The van der Waals surface area contributed by atoms with E-state index in [2.05, 4.69) is 51.8 Å². The molecule has 0 saturated heterocycles. The molecule has 5 rings (SSSR count). The van der Waals surface area contributed by atoms with Crippen molar-refractivity contribution in [1.29, 1.82) is 0 Å². The predicted octanol–water partition coefficient (Wildman–Crippen LogP) is 4.65. The van der Waals surface area contributed by atoms with Crippen molar-refractivity contribution in [3.63, 3.8) is 0 Å². The number of nitrogens with zero attached hydrogens (tertiary/aromatic N) is 6. The maximum atomic E-state index is 13.4. The minimum absolute atomic E-state index is 0.0602. The molecule has 0 spiro atoms. The van der Waals surface area contributed by atoms with Crippen molar-refractivity contribution in [2.24, 2.45) is 0 Å². The van der Waals surface area contributed by atoms with Crippen molar-refractivity contribution in [1.82, 2.24) is 35.2 Å². The molecule has 3 heterocycles. The molecule has 0 aliphatic carbocycles. The number of H-pyrrole nitrogens is 1. The third-order valence-electron chi connectivity index (χ3n) is 6.17. The summed E-state index contributed by atoms with van der Waals surface area (Å²) in [5.74, 6) is 0.552. The number of aromatic amines is 1. The summed E-state index contributed by atoms with van der Waals surface area (Å²) in [4.78, 5) is 22.8. The van der Waals surface area contributed by atoms with E-state index in [0.717, 1.165) is 51.9 Å². The number of hydrogen-bond acceptors (Lipinski definition) is 6. The molecule has 0 radical (unpaired) electrons. The number of aromatic nitrogens is 7. The molecule has 5 aromatic rings. The number of rotatable bonds is 7. The van der Waals surface area contributed by atoms with Crippen LogP contribution in [0.5, 0.6) is 0 Å². The first kappa shape index (κ1) is 22.6. The van der Waals surface area contributed by atoms with Crippen LogP contribution in [0.25, 0.3) is 33.7 Å². The van der Waals surface area contributed by atoms with E-state index in [-0.39, 0.29) is 5.56 Å². The fourth-order valence-electron chi connectivity index (χ4n) is 4.40. The van der Waals surface area contributed by atoms with Crippen LogP contribution in [0.2, 0.25) is 0 Å². The molecular weight excluding hydrogens is 438 g/mol. The minimum atomic E-state index is -0.0602. The highest BCUT2D eigenvalue weighted by molar-refractivity contribution is 5.80. The molecule has 2 aromatic carbocycles. The van der Waals surface area contributed by atoms with Gasteiger partial charge in [-0.1, -0.05) is 61.9 Å². The van der Waals surface area contributed by atoms with Gasteiger partial charge in [0.05, 0.1) is 6.54 Å². The molecule has 8 heteroatoms. The highest BCUT2D eigenvalue weighted by atomic mass is 16.1. The van der Waals surface area contributed by atoms with Gasteiger partial charge >= 0.3 is 0 Å². The number of fused-ring (bicyclic) bond motifs is 1. The number of pyridine rings is 1. The Morgan fingerprint density at radius 3 is 2.46 bits per heavy atom. The first-order valence-electron chi connectivity index (χ1n) is 11.8. The van der Waals surface area contributed by atoms with Crippen LogP contribution in [-0.4, -0.2) is 35.2 Å². The number of nitrogens with one attached hydrogen (secondary N) is 1. The SMILES string of the molecule is CCCCc1nc2c(C)cc(C)nc2n(Cc2ccc(-c3ccccc3-c3nn[nH]n3)cc2)c1=O. The van der Waals surface area contributed by atoms with Gasteiger partial charge in [-0.15, -0.1) is 10.2 Å². The third kappa shape index (κ3) is 4.47. The van der Waals surface area contributed by atoms with E-state index in [1.807, 2.05) is 44.2 Å². The van der Waals surface area contributed by atoms with Crippen molar-refractivity contribution in [3.05, 3.63) is 87.5 Å². The zero-order valence-corrected chi connectivity index (χ0v) is 20.1. The first-order valence-corrected chi connectivity index (χ1v) is 11.8. The Morgan fingerprint density at radius 1 is 0.971 bits per heavy atom. The summed E-state index contributed by atoms with van der Waals surface area (Å²) in [5.41, 5.74) is 7.87. The monoisotopic (exact) mass is 465 g/mol. The lowest BCUT2D eigenvalue weighted by Crippen LogP contribution is -2.27. The largest absolute Gasteiger partial charge is 0.285 e. The second-order valence-corrected chi connectivity index (χ2v) is 8.78. The summed E-state index contributed by atoms with van der Waals surface area (Å²) in [6.45, 7) is 6.52. The van der Waals surface area contributed by atoms with Crippen LogP contribution >= 0.6 is 0 Å². The number of unbranched alkanes of at least 4 members (excludes halogenated alkanes) is 1. The molecule has 35 heavy (non-hydrogen) atoms. The molecule has 0 atom stereocenters. The van der Waals surface area contributed by atoms with Crippen LogP contribution < -0.4 is 5.56 Å². The molecule has 0 aliphatic rings. The second kappa shape index (κ2) is 9.58. The Kier molecular flexibility index (Phi) is 6.18. The molecule has 0 amide bonds. The summed E-state index contributed by atoms with van der Waals surface area (Å²) in [6.07, 6.45) is 2.61. The van der Waals surface area contributed by atoms with Crippen molar-refractivity contribution in [3.8, 4) is 22.5 Å². The number of tetrazole rings is 1.